The minimum Gasteiger partial charge on any atom is -0.364 e. The Morgan fingerprint density at radius 3 is 2.68 bits per heavy atom. The van der Waals surface area contributed by atoms with E-state index in [1.807, 2.05) is 42.2 Å². The molecular formula is C19H26N4O2. The van der Waals surface area contributed by atoms with Crippen LogP contribution in [0.1, 0.15) is 44.0 Å². The second-order valence-electron chi connectivity index (χ2n) is 6.51. The quantitative estimate of drug-likeness (QED) is 0.810. The van der Waals surface area contributed by atoms with Crippen LogP contribution in [0.3, 0.4) is 0 Å². The zero-order chi connectivity index (χ0) is 17.6. The van der Waals surface area contributed by atoms with Gasteiger partial charge in [-0.2, -0.15) is 0 Å². The fourth-order valence-corrected chi connectivity index (χ4v) is 3.31. The molecule has 2 heterocycles. The Balaban J connectivity index is 1.49. The number of amides is 1. The van der Waals surface area contributed by atoms with Crippen molar-refractivity contribution in [3.8, 4) is 0 Å². The molecule has 3 rings (SSSR count). The van der Waals surface area contributed by atoms with Gasteiger partial charge in [0.2, 0.25) is 0 Å². The van der Waals surface area contributed by atoms with Crippen LogP contribution in [0.2, 0.25) is 0 Å². The van der Waals surface area contributed by atoms with Crippen LogP contribution in [-0.4, -0.2) is 44.8 Å². The van der Waals surface area contributed by atoms with Crippen molar-refractivity contribution < 1.29 is 9.53 Å². The van der Waals surface area contributed by atoms with Gasteiger partial charge < -0.3 is 14.2 Å². The van der Waals surface area contributed by atoms with Crippen molar-refractivity contribution in [2.45, 2.75) is 51.9 Å². The maximum atomic E-state index is 12.6. The number of likely N-dealkylation sites (tertiary alicyclic amines) is 1. The molecule has 1 aromatic carbocycles. The summed E-state index contributed by atoms with van der Waals surface area (Å²) < 4.78 is 7.85. The molecule has 1 aliphatic rings. The summed E-state index contributed by atoms with van der Waals surface area (Å²) in [6.07, 6.45) is 3.22. The highest BCUT2D eigenvalue weighted by Gasteiger charge is 2.29. The molecule has 1 unspecified atom stereocenters. The number of ether oxygens (including phenoxy) is 1. The summed E-state index contributed by atoms with van der Waals surface area (Å²) >= 11 is 0. The number of hydrogen-bond acceptors (Lipinski definition) is 4. The normalized spacial score (nSPS) is 16.8. The molecule has 1 amide bonds. The Bertz CT molecular complexity index is 678. The summed E-state index contributed by atoms with van der Waals surface area (Å²) in [4.78, 5) is 14.5. The summed E-state index contributed by atoms with van der Waals surface area (Å²) in [5.74, 6) is 1.50. The predicted octanol–water partition coefficient (Wildman–Crippen LogP) is 2.61. The zero-order valence-corrected chi connectivity index (χ0v) is 15.0. The smallest absolute Gasteiger partial charge is 0.251 e. The van der Waals surface area contributed by atoms with Crippen LogP contribution < -0.4 is 0 Å². The van der Waals surface area contributed by atoms with Crippen molar-refractivity contribution in [1.82, 2.24) is 19.7 Å². The lowest BCUT2D eigenvalue weighted by molar-refractivity contribution is -0.144. The molecule has 0 radical (unpaired) electrons. The molecule has 1 atom stereocenters. The Morgan fingerprint density at radius 2 is 2.00 bits per heavy atom. The standard InChI is InChI=1S/C19H26N4O2/c1-3-22-14-20-21-18(22)17-9-11-23(12-10-17)19(24)15(2)25-13-16-7-5-4-6-8-16/h4-8,14-15,17H,3,9-13H2,1-2H3. The van der Waals surface area contributed by atoms with Crippen LogP contribution in [0.4, 0.5) is 0 Å². The first-order chi connectivity index (χ1) is 12.2. The Labute approximate surface area is 148 Å². The number of carbonyl (C=O) groups is 1. The number of benzene rings is 1. The van der Waals surface area contributed by atoms with E-state index in [4.69, 9.17) is 4.74 Å². The molecule has 25 heavy (non-hydrogen) atoms. The van der Waals surface area contributed by atoms with Gasteiger partial charge in [0.15, 0.2) is 0 Å². The monoisotopic (exact) mass is 342 g/mol. The van der Waals surface area contributed by atoms with Crippen LogP contribution in [0, 0.1) is 0 Å². The van der Waals surface area contributed by atoms with Crippen molar-refractivity contribution >= 4 is 5.91 Å². The third kappa shape index (κ3) is 4.25. The SMILES string of the molecule is CCn1cnnc1C1CCN(C(=O)C(C)OCc2ccccc2)CC1. The van der Waals surface area contributed by atoms with Gasteiger partial charge in [0.05, 0.1) is 6.61 Å². The molecule has 1 aromatic heterocycles. The molecule has 6 nitrogen and oxygen atoms in total. The number of rotatable bonds is 6. The molecular weight excluding hydrogens is 316 g/mol. The summed E-state index contributed by atoms with van der Waals surface area (Å²) in [6.45, 7) is 6.77. The van der Waals surface area contributed by atoms with Gasteiger partial charge in [-0.3, -0.25) is 4.79 Å². The van der Waals surface area contributed by atoms with Gasteiger partial charge in [-0.15, -0.1) is 10.2 Å². The lowest BCUT2D eigenvalue weighted by Gasteiger charge is -2.33. The second kappa shape index (κ2) is 8.25. The molecule has 134 valence electrons. The highest BCUT2D eigenvalue weighted by Crippen LogP contribution is 2.27. The van der Waals surface area contributed by atoms with Gasteiger partial charge in [-0.1, -0.05) is 30.3 Å². The van der Waals surface area contributed by atoms with Gasteiger partial charge in [0, 0.05) is 25.6 Å². The summed E-state index contributed by atoms with van der Waals surface area (Å²) in [5, 5.41) is 8.28. The van der Waals surface area contributed by atoms with Crippen molar-refractivity contribution in [2.24, 2.45) is 0 Å². The molecule has 0 spiro atoms. The Morgan fingerprint density at radius 1 is 1.28 bits per heavy atom. The molecule has 0 saturated carbocycles. The molecule has 1 saturated heterocycles. The molecule has 0 aliphatic carbocycles. The van der Waals surface area contributed by atoms with Gasteiger partial charge in [0.1, 0.15) is 18.3 Å². The average Bonchev–Trinajstić information content (AvgIpc) is 3.15. The van der Waals surface area contributed by atoms with Crippen molar-refractivity contribution in [1.29, 1.82) is 0 Å². The van der Waals surface area contributed by atoms with Crippen LogP contribution in [-0.2, 0) is 22.7 Å². The van der Waals surface area contributed by atoms with Crippen LogP contribution in [0.25, 0.3) is 0 Å². The second-order valence-corrected chi connectivity index (χ2v) is 6.51. The highest BCUT2D eigenvalue weighted by atomic mass is 16.5. The number of aryl methyl sites for hydroxylation is 1. The average molecular weight is 342 g/mol. The number of hydrogen-bond donors (Lipinski definition) is 0. The molecule has 6 heteroatoms. The van der Waals surface area contributed by atoms with E-state index in [2.05, 4.69) is 21.7 Å². The van der Waals surface area contributed by atoms with Gasteiger partial charge >= 0.3 is 0 Å². The zero-order valence-electron chi connectivity index (χ0n) is 15.0. The van der Waals surface area contributed by atoms with E-state index in [1.54, 1.807) is 6.33 Å². The molecule has 0 bridgehead atoms. The lowest BCUT2D eigenvalue weighted by Crippen LogP contribution is -2.43. The fourth-order valence-electron chi connectivity index (χ4n) is 3.31. The van der Waals surface area contributed by atoms with E-state index >= 15 is 0 Å². The molecule has 1 aliphatic heterocycles. The third-order valence-corrected chi connectivity index (χ3v) is 4.85. The first-order valence-electron chi connectivity index (χ1n) is 9.01. The summed E-state index contributed by atoms with van der Waals surface area (Å²) in [6, 6.07) is 9.94. The van der Waals surface area contributed by atoms with E-state index in [0.717, 1.165) is 43.9 Å². The fraction of sp³-hybridized carbons (Fsp3) is 0.526. The molecule has 2 aromatic rings. The minimum absolute atomic E-state index is 0.0753. The summed E-state index contributed by atoms with van der Waals surface area (Å²) in [5.41, 5.74) is 1.08. The number of aromatic nitrogens is 3. The van der Waals surface area contributed by atoms with Crippen molar-refractivity contribution in [3.63, 3.8) is 0 Å². The van der Waals surface area contributed by atoms with E-state index < -0.39 is 6.10 Å². The topological polar surface area (TPSA) is 60.2 Å². The number of piperidine rings is 1. The Kier molecular flexibility index (Phi) is 5.81. The van der Waals surface area contributed by atoms with Crippen LogP contribution in [0.15, 0.2) is 36.7 Å². The van der Waals surface area contributed by atoms with E-state index in [0.29, 0.717) is 12.5 Å². The predicted molar refractivity (Wildman–Crippen MR) is 94.9 cm³/mol. The van der Waals surface area contributed by atoms with Crippen molar-refractivity contribution in [2.75, 3.05) is 13.1 Å². The van der Waals surface area contributed by atoms with Crippen LogP contribution >= 0.6 is 0 Å². The maximum absolute atomic E-state index is 12.6. The minimum atomic E-state index is -0.420. The van der Waals surface area contributed by atoms with Gasteiger partial charge in [0.25, 0.3) is 5.91 Å². The first kappa shape index (κ1) is 17.6. The number of nitrogens with zero attached hydrogens (tertiary/aromatic N) is 4. The summed E-state index contributed by atoms with van der Waals surface area (Å²) in [7, 11) is 0. The Hall–Kier alpha value is -2.21. The molecule has 1 fully saturated rings. The van der Waals surface area contributed by atoms with Crippen molar-refractivity contribution in [3.05, 3.63) is 48.0 Å². The van der Waals surface area contributed by atoms with E-state index in [9.17, 15) is 4.79 Å². The maximum Gasteiger partial charge on any atom is 0.251 e. The van der Waals surface area contributed by atoms with E-state index in [-0.39, 0.29) is 5.91 Å². The van der Waals surface area contributed by atoms with Gasteiger partial charge in [-0.05, 0) is 32.3 Å². The van der Waals surface area contributed by atoms with Crippen LogP contribution in [0.5, 0.6) is 0 Å². The highest BCUT2D eigenvalue weighted by molar-refractivity contribution is 5.80. The largest absolute Gasteiger partial charge is 0.364 e. The number of carbonyl (C=O) groups excluding carboxylic acids is 1. The van der Waals surface area contributed by atoms with E-state index in [1.165, 1.54) is 0 Å². The molecule has 0 N–H and O–H groups in total. The first-order valence-corrected chi connectivity index (χ1v) is 9.01. The van der Waals surface area contributed by atoms with Gasteiger partial charge in [-0.25, -0.2) is 0 Å². The third-order valence-electron chi connectivity index (χ3n) is 4.85. The lowest BCUT2D eigenvalue weighted by atomic mass is 9.95.